The summed E-state index contributed by atoms with van der Waals surface area (Å²) in [6.07, 6.45) is 12.1. The zero-order valence-electron chi connectivity index (χ0n) is 26.7. The highest BCUT2D eigenvalue weighted by atomic mass is 35.5. The van der Waals surface area contributed by atoms with Crippen LogP contribution in [-0.4, -0.2) is 86.5 Å². The lowest BCUT2D eigenvalue weighted by molar-refractivity contribution is -0.384. The Hall–Kier alpha value is -2.76. The molecule has 0 fully saturated rings. The van der Waals surface area contributed by atoms with Gasteiger partial charge in [0.2, 0.25) is 5.91 Å². The molecule has 0 radical (unpaired) electrons. The number of non-ortho nitro benzene ring substituents is 1. The number of carbonyl (C=O) groups is 3. The second-order valence-corrected chi connectivity index (χ2v) is 11.4. The zero-order chi connectivity index (χ0) is 31.3. The van der Waals surface area contributed by atoms with E-state index >= 15 is 0 Å². The minimum Gasteiger partial charge on any atom is -0.462 e. The standard InChI is InChI=1S/C31H52N4O7.ClH/c1-6-7-8-9-10-11-12-13-14-15-16-17-28(36)32-27(24-41-29(37)22-33(2)3)31(42-30(38)23-34(4)5)25-18-20-26(21-19-25)35(39)40;/h18-21,27,31H,6-17,22-24H2,1-5H3,(H,32,36);1H/t27-,31-;/m1./s1. The number of esters is 2. The largest absolute Gasteiger partial charge is 0.462 e. The molecule has 0 aromatic heterocycles. The summed E-state index contributed by atoms with van der Waals surface area (Å²) in [6, 6.07) is 4.70. The van der Waals surface area contributed by atoms with Gasteiger partial charge in [-0.25, -0.2) is 0 Å². The molecule has 0 aliphatic rings. The summed E-state index contributed by atoms with van der Waals surface area (Å²) in [7, 11) is 6.91. The van der Waals surface area contributed by atoms with Gasteiger partial charge >= 0.3 is 11.9 Å². The molecule has 0 bridgehead atoms. The van der Waals surface area contributed by atoms with Gasteiger partial charge in [-0.1, -0.05) is 71.1 Å². The average molecular weight is 629 g/mol. The van der Waals surface area contributed by atoms with E-state index in [0.29, 0.717) is 5.56 Å². The van der Waals surface area contributed by atoms with Crippen LogP contribution in [0.2, 0.25) is 0 Å². The summed E-state index contributed by atoms with van der Waals surface area (Å²) in [6.45, 7) is 2.03. The van der Waals surface area contributed by atoms with Crippen molar-refractivity contribution in [2.45, 2.75) is 96.1 Å². The van der Waals surface area contributed by atoms with E-state index in [2.05, 4.69) is 12.2 Å². The fourth-order valence-corrected chi connectivity index (χ4v) is 4.53. The van der Waals surface area contributed by atoms with Crippen LogP contribution in [-0.2, 0) is 23.9 Å². The molecule has 0 heterocycles. The number of nitrogens with zero attached hydrogens (tertiary/aromatic N) is 3. The molecule has 1 aromatic carbocycles. The van der Waals surface area contributed by atoms with Gasteiger partial charge in [-0.3, -0.25) is 34.3 Å². The number of hydrogen-bond acceptors (Lipinski definition) is 9. The number of rotatable bonds is 23. The number of carbonyl (C=O) groups excluding carboxylic acids is 3. The van der Waals surface area contributed by atoms with Gasteiger partial charge in [-0.2, -0.15) is 0 Å². The molecular weight excluding hydrogens is 576 g/mol. The van der Waals surface area contributed by atoms with Crippen molar-refractivity contribution in [1.82, 2.24) is 15.1 Å². The number of amides is 1. The fraction of sp³-hybridized carbons (Fsp3) is 0.710. The third-order valence-electron chi connectivity index (χ3n) is 6.72. The summed E-state index contributed by atoms with van der Waals surface area (Å²) in [5.74, 6) is -1.28. The second-order valence-electron chi connectivity index (χ2n) is 11.4. The summed E-state index contributed by atoms with van der Waals surface area (Å²) < 4.78 is 11.2. The van der Waals surface area contributed by atoms with E-state index in [1.165, 1.54) is 69.2 Å². The first-order chi connectivity index (χ1) is 20.0. The van der Waals surface area contributed by atoms with Crippen LogP contribution in [0.3, 0.4) is 0 Å². The number of hydrogen-bond donors (Lipinski definition) is 1. The van der Waals surface area contributed by atoms with Gasteiger partial charge in [-0.05, 0) is 52.3 Å². The molecule has 246 valence electrons. The molecule has 1 N–H and O–H groups in total. The van der Waals surface area contributed by atoms with Crippen molar-refractivity contribution >= 4 is 35.9 Å². The van der Waals surface area contributed by atoms with Crippen LogP contribution in [0.5, 0.6) is 0 Å². The van der Waals surface area contributed by atoms with Crippen molar-refractivity contribution in [3.63, 3.8) is 0 Å². The van der Waals surface area contributed by atoms with E-state index in [4.69, 9.17) is 9.47 Å². The molecule has 0 aliphatic carbocycles. The van der Waals surface area contributed by atoms with E-state index in [1.54, 1.807) is 38.0 Å². The van der Waals surface area contributed by atoms with E-state index in [-0.39, 0.29) is 50.1 Å². The number of likely N-dealkylation sites (N-methyl/N-ethyl adjacent to an activating group) is 2. The number of nitrogens with one attached hydrogen (secondary N) is 1. The maximum Gasteiger partial charge on any atom is 0.320 e. The lowest BCUT2D eigenvalue weighted by Gasteiger charge is -2.29. The SMILES string of the molecule is CCCCCCCCCCCCCC(=O)N[C@H](COC(=O)CN(C)C)[C@H](OC(=O)CN(C)C)c1ccc([N+](=O)[O-])cc1.Cl. The highest BCUT2D eigenvalue weighted by Gasteiger charge is 2.30. The number of ether oxygens (including phenoxy) is 2. The van der Waals surface area contributed by atoms with Crippen molar-refractivity contribution in [1.29, 1.82) is 0 Å². The van der Waals surface area contributed by atoms with Crippen molar-refractivity contribution in [3.8, 4) is 0 Å². The molecule has 2 atom stereocenters. The summed E-state index contributed by atoms with van der Waals surface area (Å²) in [5.41, 5.74) is 0.322. The molecule has 1 rings (SSSR count). The first-order valence-corrected chi connectivity index (χ1v) is 15.2. The molecule has 0 unspecified atom stereocenters. The predicted molar refractivity (Wildman–Crippen MR) is 170 cm³/mol. The molecule has 0 saturated heterocycles. The Morgan fingerprint density at radius 3 is 1.79 bits per heavy atom. The third-order valence-corrected chi connectivity index (χ3v) is 6.72. The number of nitro benzene ring substituents is 1. The van der Waals surface area contributed by atoms with Gasteiger partial charge in [0.1, 0.15) is 12.6 Å². The van der Waals surface area contributed by atoms with Crippen LogP contribution in [0.15, 0.2) is 24.3 Å². The number of nitro groups is 1. The Balaban J connectivity index is 0.0000176. The van der Waals surface area contributed by atoms with Crippen molar-refractivity contribution in [2.75, 3.05) is 47.9 Å². The Kier molecular flexibility index (Phi) is 22.1. The molecule has 43 heavy (non-hydrogen) atoms. The van der Waals surface area contributed by atoms with Crippen LogP contribution in [0, 0.1) is 10.1 Å². The highest BCUT2D eigenvalue weighted by molar-refractivity contribution is 5.85. The molecule has 11 nitrogen and oxygen atoms in total. The van der Waals surface area contributed by atoms with E-state index < -0.39 is 29.0 Å². The van der Waals surface area contributed by atoms with E-state index in [1.807, 2.05) is 0 Å². The van der Waals surface area contributed by atoms with Gasteiger partial charge in [0.05, 0.1) is 18.0 Å². The Morgan fingerprint density at radius 1 is 0.814 bits per heavy atom. The molecule has 0 aliphatic heterocycles. The molecule has 1 amide bonds. The number of halogens is 1. The second kappa shape index (κ2) is 23.7. The zero-order valence-corrected chi connectivity index (χ0v) is 27.5. The van der Waals surface area contributed by atoms with Crippen LogP contribution in [0.25, 0.3) is 0 Å². The molecular formula is C31H53ClN4O7. The fourth-order valence-electron chi connectivity index (χ4n) is 4.53. The number of unbranched alkanes of at least 4 members (excludes halogenated alkanes) is 10. The van der Waals surface area contributed by atoms with Crippen LogP contribution in [0.4, 0.5) is 5.69 Å². The Labute approximate surface area is 263 Å². The maximum absolute atomic E-state index is 13.0. The maximum atomic E-state index is 13.0. The van der Waals surface area contributed by atoms with Gasteiger partial charge in [0.25, 0.3) is 5.69 Å². The van der Waals surface area contributed by atoms with Gasteiger partial charge in [0, 0.05) is 18.6 Å². The summed E-state index contributed by atoms with van der Waals surface area (Å²) in [5, 5.41) is 14.1. The average Bonchev–Trinajstić information content (AvgIpc) is 2.92. The first kappa shape index (κ1) is 40.2. The van der Waals surface area contributed by atoms with Gasteiger partial charge in [-0.15, -0.1) is 12.4 Å². The van der Waals surface area contributed by atoms with Gasteiger partial charge < -0.3 is 14.8 Å². The minimum absolute atomic E-state index is 0. The Bertz CT molecular complexity index is 945. The van der Waals surface area contributed by atoms with Crippen LogP contribution >= 0.6 is 12.4 Å². The normalized spacial score (nSPS) is 12.3. The molecule has 0 saturated carbocycles. The summed E-state index contributed by atoms with van der Waals surface area (Å²) in [4.78, 5) is 51.9. The van der Waals surface area contributed by atoms with Crippen molar-refractivity contribution < 1.29 is 28.8 Å². The van der Waals surface area contributed by atoms with Crippen molar-refractivity contribution in [3.05, 3.63) is 39.9 Å². The van der Waals surface area contributed by atoms with Crippen LogP contribution < -0.4 is 5.32 Å². The monoisotopic (exact) mass is 628 g/mol. The van der Waals surface area contributed by atoms with E-state index in [0.717, 1.165) is 25.7 Å². The van der Waals surface area contributed by atoms with Gasteiger partial charge in [0.15, 0.2) is 6.10 Å². The lowest BCUT2D eigenvalue weighted by Crippen LogP contribution is -2.45. The quantitative estimate of drug-likeness (QED) is 0.0727. The van der Waals surface area contributed by atoms with Crippen LogP contribution in [0.1, 0.15) is 95.6 Å². The molecule has 1 aromatic rings. The predicted octanol–water partition coefficient (Wildman–Crippen LogP) is 5.45. The highest BCUT2D eigenvalue weighted by Crippen LogP contribution is 2.25. The van der Waals surface area contributed by atoms with Crippen molar-refractivity contribution in [2.24, 2.45) is 0 Å². The lowest BCUT2D eigenvalue weighted by atomic mass is 10.0. The summed E-state index contributed by atoms with van der Waals surface area (Å²) >= 11 is 0. The number of benzene rings is 1. The smallest absolute Gasteiger partial charge is 0.320 e. The molecule has 0 spiro atoms. The topological polar surface area (TPSA) is 131 Å². The third kappa shape index (κ3) is 19.2. The Morgan fingerprint density at radius 2 is 1.30 bits per heavy atom. The molecule has 12 heteroatoms. The minimum atomic E-state index is -1.02. The first-order valence-electron chi connectivity index (χ1n) is 15.2. The van der Waals surface area contributed by atoms with E-state index in [9.17, 15) is 24.5 Å².